The summed E-state index contributed by atoms with van der Waals surface area (Å²) in [5.41, 5.74) is 6.88. The smallest absolute Gasteiger partial charge is 0.259 e. The summed E-state index contributed by atoms with van der Waals surface area (Å²) >= 11 is 0. The monoisotopic (exact) mass is 678 g/mol. The molecular weight excluding hydrogens is 631 g/mol. The first-order valence-electron chi connectivity index (χ1n) is 17.3. The number of anilines is 1. The summed E-state index contributed by atoms with van der Waals surface area (Å²) in [6.45, 7) is 12.5. The summed E-state index contributed by atoms with van der Waals surface area (Å²) in [6, 6.07) is 12.8. The van der Waals surface area contributed by atoms with Gasteiger partial charge in [0, 0.05) is 61.1 Å². The third-order valence-electron chi connectivity index (χ3n) is 9.41. The molecule has 1 saturated heterocycles. The molecule has 1 aliphatic carbocycles. The largest absolute Gasteiger partial charge is 0.457 e. The Morgan fingerprint density at radius 2 is 1.84 bits per heavy atom. The van der Waals surface area contributed by atoms with Crippen LogP contribution in [0.4, 0.5) is 10.1 Å². The first-order valence-corrected chi connectivity index (χ1v) is 17.3. The van der Waals surface area contributed by atoms with Crippen molar-refractivity contribution in [1.82, 2.24) is 9.80 Å². The number of halogens is 1. The van der Waals surface area contributed by atoms with Gasteiger partial charge in [-0.15, -0.1) is 0 Å². The van der Waals surface area contributed by atoms with Gasteiger partial charge in [-0.2, -0.15) is 4.39 Å². The van der Waals surface area contributed by atoms with E-state index in [4.69, 9.17) is 9.73 Å². The van der Waals surface area contributed by atoms with Crippen LogP contribution in [0.25, 0.3) is 5.57 Å². The number of likely N-dealkylation sites (N-methyl/N-ethyl adjacent to an activating group) is 1. The standard InChI is InChI=1S/C41H47FN4O4/c1-26(2)41(42)50-32-15-12-30(13-16-32)35-24-43-39-34(35)10-8-7-9-11-36(39)44-31-14-17-33(28(4)22-31)40(49)29(5)23-37(47)45(6)25-38(48)46-20-18-27(3)19-21-46/h7-8,10-17,22,24,27,29,41,44H,1,9,18-21,23,25H2,2-6H3/b8-7-,34-10-,36-11-. The van der Waals surface area contributed by atoms with E-state index in [0.29, 0.717) is 29.2 Å². The van der Waals surface area contributed by atoms with E-state index in [1.54, 1.807) is 39.1 Å². The Labute approximate surface area is 294 Å². The molecule has 0 bridgehead atoms. The average Bonchev–Trinajstić information content (AvgIpc) is 3.49. The molecule has 2 aromatic rings. The van der Waals surface area contributed by atoms with E-state index >= 15 is 0 Å². The van der Waals surface area contributed by atoms with Gasteiger partial charge in [-0.25, -0.2) is 0 Å². The second kappa shape index (κ2) is 16.1. The van der Waals surface area contributed by atoms with Crippen LogP contribution in [-0.4, -0.2) is 66.1 Å². The minimum Gasteiger partial charge on any atom is -0.457 e. The molecule has 2 atom stereocenters. The molecule has 0 saturated carbocycles. The van der Waals surface area contributed by atoms with Crippen LogP contribution in [0.5, 0.6) is 5.75 Å². The van der Waals surface area contributed by atoms with Crippen LogP contribution in [0.2, 0.25) is 0 Å². The molecule has 5 rings (SSSR count). The lowest BCUT2D eigenvalue weighted by molar-refractivity contribution is -0.140. The maximum Gasteiger partial charge on any atom is 0.259 e. The molecule has 9 heteroatoms. The number of piperidine rings is 1. The average molecular weight is 679 g/mol. The number of hydrogen-bond acceptors (Lipinski definition) is 6. The van der Waals surface area contributed by atoms with Gasteiger partial charge < -0.3 is 19.9 Å². The van der Waals surface area contributed by atoms with Crippen molar-refractivity contribution in [2.24, 2.45) is 16.8 Å². The van der Waals surface area contributed by atoms with Crippen molar-refractivity contribution in [3.63, 3.8) is 0 Å². The zero-order valence-corrected chi connectivity index (χ0v) is 29.7. The van der Waals surface area contributed by atoms with E-state index in [0.717, 1.165) is 65.3 Å². The molecular formula is C41H47FN4O4. The Kier molecular flexibility index (Phi) is 11.7. The van der Waals surface area contributed by atoms with Crippen LogP contribution in [0, 0.1) is 18.8 Å². The van der Waals surface area contributed by atoms with Crippen LogP contribution in [0.15, 0.2) is 101 Å². The molecule has 2 heterocycles. The van der Waals surface area contributed by atoms with E-state index in [1.807, 2.05) is 54.4 Å². The van der Waals surface area contributed by atoms with Crippen LogP contribution < -0.4 is 10.1 Å². The summed E-state index contributed by atoms with van der Waals surface area (Å²) in [6.07, 6.45) is 11.1. The number of aryl methyl sites for hydroxylation is 1. The van der Waals surface area contributed by atoms with Crippen LogP contribution in [0.1, 0.15) is 67.9 Å². The number of amides is 2. The number of Topliss-reactive ketones (excluding diaryl/α,β-unsaturated/α-hetero) is 1. The lowest BCUT2D eigenvalue weighted by Crippen LogP contribution is -2.44. The number of carbonyl (C=O) groups is 3. The van der Waals surface area contributed by atoms with Gasteiger partial charge in [-0.05, 0) is 86.1 Å². The van der Waals surface area contributed by atoms with Gasteiger partial charge in [0.2, 0.25) is 11.8 Å². The van der Waals surface area contributed by atoms with Gasteiger partial charge >= 0.3 is 0 Å². The third kappa shape index (κ3) is 8.75. The van der Waals surface area contributed by atoms with E-state index in [2.05, 4.69) is 31.0 Å². The number of benzene rings is 2. The first-order chi connectivity index (χ1) is 23.9. The van der Waals surface area contributed by atoms with Gasteiger partial charge in [0.05, 0.1) is 18.0 Å². The number of rotatable bonds is 12. The fourth-order valence-electron chi connectivity index (χ4n) is 6.18. The number of aliphatic imine (C=N–C) groups is 1. The van der Waals surface area contributed by atoms with E-state index in [9.17, 15) is 18.8 Å². The normalized spacial score (nSPS) is 19.9. The SMILES string of the molecule is C=C(C)C(F)Oc1ccc(C2=CN=C3/C(Nc4ccc(C(=O)C(C)CC(=O)N(C)CC(=O)N5CCC(C)CC5)c(C)c4)=C/C/C=C\C=C\23)cc1. The number of likely N-dealkylation sites (tertiary alicyclic amines) is 1. The van der Waals surface area contributed by atoms with Crippen molar-refractivity contribution in [2.45, 2.75) is 59.7 Å². The molecule has 1 fully saturated rings. The summed E-state index contributed by atoms with van der Waals surface area (Å²) in [4.78, 5) is 47.3. The number of hydrogen-bond donors (Lipinski definition) is 1. The van der Waals surface area contributed by atoms with Crippen LogP contribution >= 0.6 is 0 Å². The number of ketones is 1. The molecule has 0 spiro atoms. The van der Waals surface area contributed by atoms with Gasteiger partial charge in [0.15, 0.2) is 5.78 Å². The van der Waals surface area contributed by atoms with Crippen molar-refractivity contribution >= 4 is 34.6 Å². The first kappa shape index (κ1) is 36.2. The molecule has 2 amide bonds. The third-order valence-corrected chi connectivity index (χ3v) is 9.41. The van der Waals surface area contributed by atoms with Crippen LogP contribution in [-0.2, 0) is 9.59 Å². The second-order valence-corrected chi connectivity index (χ2v) is 13.6. The molecule has 50 heavy (non-hydrogen) atoms. The highest BCUT2D eigenvalue weighted by molar-refractivity contribution is 6.25. The zero-order chi connectivity index (χ0) is 35.9. The number of ether oxygens (including phenoxy) is 1. The summed E-state index contributed by atoms with van der Waals surface area (Å²) in [5.74, 6) is 0.113. The Bertz CT molecular complexity index is 1790. The molecule has 8 nitrogen and oxygen atoms in total. The quantitative estimate of drug-likeness (QED) is 0.182. The van der Waals surface area contributed by atoms with Crippen molar-refractivity contribution < 1.29 is 23.5 Å². The highest BCUT2D eigenvalue weighted by atomic mass is 19.1. The maximum absolute atomic E-state index is 14.0. The fraction of sp³-hybridized carbons (Fsp3) is 0.366. The van der Waals surface area contributed by atoms with Crippen molar-refractivity contribution in [3.8, 4) is 5.75 Å². The predicted octanol–water partition coefficient (Wildman–Crippen LogP) is 7.85. The van der Waals surface area contributed by atoms with Gasteiger partial charge in [-0.3, -0.25) is 19.4 Å². The number of allylic oxidation sites excluding steroid dienone is 6. The predicted molar refractivity (Wildman–Crippen MR) is 198 cm³/mol. The number of alkyl halides is 1. The Hall–Kier alpha value is -5.05. The Morgan fingerprint density at radius 1 is 1.12 bits per heavy atom. The lowest BCUT2D eigenvalue weighted by Gasteiger charge is -2.31. The van der Waals surface area contributed by atoms with Gasteiger partial charge in [0.25, 0.3) is 6.36 Å². The molecule has 3 aliphatic rings. The molecule has 262 valence electrons. The number of fused-ring (bicyclic) bond motifs is 1. The topological polar surface area (TPSA) is 91.3 Å². The number of nitrogens with one attached hydrogen (secondary N) is 1. The van der Waals surface area contributed by atoms with Crippen molar-refractivity contribution in [3.05, 3.63) is 113 Å². The van der Waals surface area contributed by atoms with E-state index < -0.39 is 12.3 Å². The van der Waals surface area contributed by atoms with E-state index in [1.165, 1.54) is 4.90 Å². The molecule has 0 radical (unpaired) electrons. The summed E-state index contributed by atoms with van der Waals surface area (Å²) in [7, 11) is 1.63. The Morgan fingerprint density at radius 3 is 2.52 bits per heavy atom. The van der Waals surface area contributed by atoms with Crippen LogP contribution in [0.3, 0.4) is 0 Å². The number of carbonyl (C=O) groups excluding carboxylic acids is 3. The second-order valence-electron chi connectivity index (χ2n) is 13.6. The molecule has 2 unspecified atom stereocenters. The zero-order valence-electron chi connectivity index (χ0n) is 29.7. The summed E-state index contributed by atoms with van der Waals surface area (Å²) < 4.78 is 19.3. The maximum atomic E-state index is 14.0. The molecule has 2 aromatic carbocycles. The summed E-state index contributed by atoms with van der Waals surface area (Å²) in [5, 5.41) is 3.51. The molecule has 1 N–H and O–H groups in total. The molecule has 0 aromatic heterocycles. The lowest BCUT2D eigenvalue weighted by atomic mass is 9.92. The minimum absolute atomic E-state index is 0.0241. The van der Waals surface area contributed by atoms with E-state index in [-0.39, 0.29) is 30.6 Å². The van der Waals surface area contributed by atoms with Gasteiger partial charge in [-0.1, -0.05) is 56.9 Å². The minimum atomic E-state index is -1.56. The molecule has 2 aliphatic heterocycles. The fourth-order valence-corrected chi connectivity index (χ4v) is 6.18. The van der Waals surface area contributed by atoms with Crippen molar-refractivity contribution in [2.75, 3.05) is 32.0 Å². The highest BCUT2D eigenvalue weighted by Crippen LogP contribution is 2.34. The highest BCUT2D eigenvalue weighted by Gasteiger charge is 2.27. The van der Waals surface area contributed by atoms with Crippen molar-refractivity contribution in [1.29, 1.82) is 0 Å². The Balaban J connectivity index is 1.20. The number of nitrogens with zero attached hydrogens (tertiary/aromatic N) is 3. The van der Waals surface area contributed by atoms with Gasteiger partial charge in [0.1, 0.15) is 5.75 Å².